The third-order valence-electron chi connectivity index (χ3n) is 3.92. The van der Waals surface area contributed by atoms with Crippen LogP contribution in [0.4, 0.5) is 11.4 Å². The van der Waals surface area contributed by atoms with Crippen molar-refractivity contribution in [3.05, 3.63) is 74.8 Å². The molecule has 3 aromatic rings. The standard InChI is InChI=1S/C19H17N3O3S2/c1-12-4-7-15(8-5-12)21(3)18(23)14-6-9-17(16(10-14)22(24)25)27-19-20-13(2)11-26-19/h4-11H,1-3H3. The van der Waals surface area contributed by atoms with Gasteiger partial charge in [-0.05, 0) is 38.1 Å². The van der Waals surface area contributed by atoms with Crippen molar-refractivity contribution in [2.45, 2.75) is 23.1 Å². The van der Waals surface area contributed by atoms with Crippen LogP contribution in [0.1, 0.15) is 21.6 Å². The van der Waals surface area contributed by atoms with Gasteiger partial charge in [0.15, 0.2) is 4.34 Å². The van der Waals surface area contributed by atoms with E-state index in [1.807, 2.05) is 43.5 Å². The minimum atomic E-state index is -0.467. The smallest absolute Gasteiger partial charge is 0.284 e. The lowest BCUT2D eigenvalue weighted by molar-refractivity contribution is -0.387. The van der Waals surface area contributed by atoms with Crippen LogP contribution in [-0.2, 0) is 0 Å². The number of hydrogen-bond donors (Lipinski definition) is 0. The van der Waals surface area contributed by atoms with Crippen LogP contribution in [0, 0.1) is 24.0 Å². The van der Waals surface area contributed by atoms with E-state index in [9.17, 15) is 14.9 Å². The van der Waals surface area contributed by atoms with E-state index in [1.54, 1.807) is 19.2 Å². The highest BCUT2D eigenvalue weighted by Gasteiger charge is 2.21. The Balaban J connectivity index is 1.89. The molecular formula is C19H17N3O3S2. The number of benzene rings is 2. The minimum Gasteiger partial charge on any atom is -0.311 e. The Hall–Kier alpha value is -2.71. The molecule has 0 atom stereocenters. The summed E-state index contributed by atoms with van der Waals surface area (Å²) in [6.07, 6.45) is 0. The molecule has 1 heterocycles. The summed E-state index contributed by atoms with van der Waals surface area (Å²) < 4.78 is 0.728. The van der Waals surface area contributed by atoms with Gasteiger partial charge in [-0.3, -0.25) is 14.9 Å². The van der Waals surface area contributed by atoms with Crippen LogP contribution >= 0.6 is 23.1 Å². The number of hydrogen-bond acceptors (Lipinski definition) is 6. The van der Waals surface area contributed by atoms with E-state index in [0.717, 1.165) is 21.3 Å². The van der Waals surface area contributed by atoms with E-state index in [1.165, 1.54) is 34.1 Å². The molecule has 0 fully saturated rings. The summed E-state index contributed by atoms with van der Waals surface area (Å²) in [4.78, 5) is 30.1. The quantitative estimate of drug-likeness (QED) is 0.441. The molecule has 0 aliphatic rings. The lowest BCUT2D eigenvalue weighted by Crippen LogP contribution is -2.26. The highest BCUT2D eigenvalue weighted by Crippen LogP contribution is 2.37. The first-order chi connectivity index (χ1) is 12.8. The molecule has 0 bridgehead atoms. The zero-order valence-electron chi connectivity index (χ0n) is 15.0. The zero-order valence-corrected chi connectivity index (χ0v) is 16.6. The number of nitro benzene ring substituents is 1. The van der Waals surface area contributed by atoms with Crippen LogP contribution in [0.2, 0.25) is 0 Å². The van der Waals surface area contributed by atoms with Crippen LogP contribution in [0.3, 0.4) is 0 Å². The van der Waals surface area contributed by atoms with Crippen molar-refractivity contribution in [3.63, 3.8) is 0 Å². The fraction of sp³-hybridized carbons (Fsp3) is 0.158. The minimum absolute atomic E-state index is 0.101. The van der Waals surface area contributed by atoms with Gasteiger partial charge in [0.2, 0.25) is 0 Å². The molecule has 0 saturated carbocycles. The summed E-state index contributed by atoms with van der Waals surface area (Å²) in [5, 5.41) is 13.4. The number of thiazole rings is 1. The summed E-state index contributed by atoms with van der Waals surface area (Å²) in [5.74, 6) is -0.302. The van der Waals surface area contributed by atoms with Gasteiger partial charge in [-0.1, -0.05) is 29.5 Å². The van der Waals surface area contributed by atoms with Gasteiger partial charge in [0.25, 0.3) is 11.6 Å². The van der Waals surface area contributed by atoms with Crippen molar-refractivity contribution in [1.29, 1.82) is 0 Å². The van der Waals surface area contributed by atoms with Crippen LogP contribution in [0.15, 0.2) is 57.1 Å². The summed E-state index contributed by atoms with van der Waals surface area (Å²) >= 11 is 2.66. The Kier molecular flexibility index (Phi) is 5.57. The number of anilines is 1. The predicted octanol–water partition coefficient (Wildman–Crippen LogP) is 5.10. The Morgan fingerprint density at radius 2 is 1.89 bits per heavy atom. The Bertz CT molecular complexity index is 1000. The second-order valence-electron chi connectivity index (χ2n) is 6.00. The summed E-state index contributed by atoms with van der Waals surface area (Å²) in [6.45, 7) is 3.84. The second-order valence-corrected chi connectivity index (χ2v) is 8.14. The molecule has 0 radical (unpaired) electrons. The van der Waals surface area contributed by atoms with Crippen molar-refractivity contribution in [3.8, 4) is 0 Å². The molecular weight excluding hydrogens is 382 g/mol. The molecule has 1 amide bonds. The molecule has 27 heavy (non-hydrogen) atoms. The predicted molar refractivity (Wildman–Crippen MR) is 108 cm³/mol. The maximum Gasteiger partial charge on any atom is 0.284 e. The highest BCUT2D eigenvalue weighted by atomic mass is 32.2. The summed E-state index contributed by atoms with van der Waals surface area (Å²) in [5.41, 5.74) is 2.86. The molecule has 0 unspecified atom stereocenters. The lowest BCUT2D eigenvalue weighted by Gasteiger charge is -2.17. The normalized spacial score (nSPS) is 10.6. The van der Waals surface area contributed by atoms with Crippen molar-refractivity contribution in [2.24, 2.45) is 0 Å². The van der Waals surface area contributed by atoms with Crippen molar-refractivity contribution in [1.82, 2.24) is 4.98 Å². The molecule has 8 heteroatoms. The van der Waals surface area contributed by atoms with Crippen molar-refractivity contribution < 1.29 is 9.72 Å². The molecule has 2 aromatic carbocycles. The summed E-state index contributed by atoms with van der Waals surface area (Å²) in [6, 6.07) is 12.1. The molecule has 1 aromatic heterocycles. The molecule has 0 N–H and O–H groups in total. The van der Waals surface area contributed by atoms with Gasteiger partial charge in [-0.2, -0.15) is 0 Å². The second kappa shape index (κ2) is 7.89. The number of nitro groups is 1. The van der Waals surface area contributed by atoms with Crippen molar-refractivity contribution >= 4 is 40.4 Å². The summed E-state index contributed by atoms with van der Waals surface area (Å²) in [7, 11) is 1.65. The Morgan fingerprint density at radius 3 is 2.48 bits per heavy atom. The zero-order chi connectivity index (χ0) is 19.6. The van der Waals surface area contributed by atoms with Crippen LogP contribution in [0.25, 0.3) is 0 Å². The largest absolute Gasteiger partial charge is 0.311 e. The van der Waals surface area contributed by atoms with E-state index in [0.29, 0.717) is 4.90 Å². The van der Waals surface area contributed by atoms with Gasteiger partial charge in [0.05, 0.1) is 9.82 Å². The average molecular weight is 399 g/mol. The average Bonchev–Trinajstić information content (AvgIpc) is 3.06. The van der Waals surface area contributed by atoms with E-state index in [-0.39, 0.29) is 17.2 Å². The van der Waals surface area contributed by atoms with Gasteiger partial charge in [-0.15, -0.1) is 11.3 Å². The fourth-order valence-corrected chi connectivity index (χ4v) is 4.31. The van der Waals surface area contributed by atoms with Gasteiger partial charge in [0.1, 0.15) is 0 Å². The first-order valence-corrected chi connectivity index (χ1v) is 9.78. The maximum atomic E-state index is 12.8. The monoisotopic (exact) mass is 399 g/mol. The van der Waals surface area contributed by atoms with E-state index in [2.05, 4.69) is 4.98 Å². The molecule has 0 aliphatic heterocycles. The molecule has 138 valence electrons. The van der Waals surface area contributed by atoms with E-state index >= 15 is 0 Å². The number of amides is 1. The van der Waals surface area contributed by atoms with Crippen LogP contribution in [0.5, 0.6) is 0 Å². The SMILES string of the molecule is Cc1ccc(N(C)C(=O)c2ccc(Sc3nc(C)cs3)c([N+](=O)[O-])c2)cc1. The fourth-order valence-electron chi connectivity index (χ4n) is 2.43. The van der Waals surface area contributed by atoms with Crippen LogP contribution < -0.4 is 4.90 Å². The highest BCUT2D eigenvalue weighted by molar-refractivity contribution is 8.01. The van der Waals surface area contributed by atoms with Crippen molar-refractivity contribution in [2.75, 3.05) is 11.9 Å². The number of rotatable bonds is 5. The lowest BCUT2D eigenvalue weighted by atomic mass is 10.1. The number of aryl methyl sites for hydroxylation is 2. The third kappa shape index (κ3) is 4.35. The third-order valence-corrected chi connectivity index (χ3v) is 6.05. The molecule has 3 rings (SSSR count). The Morgan fingerprint density at radius 1 is 1.19 bits per heavy atom. The molecule has 0 aliphatic carbocycles. The van der Waals surface area contributed by atoms with Gasteiger partial charge < -0.3 is 4.90 Å². The topological polar surface area (TPSA) is 76.3 Å². The Labute approximate surface area is 165 Å². The van der Waals surface area contributed by atoms with E-state index < -0.39 is 4.92 Å². The number of nitrogens with zero attached hydrogens (tertiary/aromatic N) is 3. The number of aromatic nitrogens is 1. The van der Waals surface area contributed by atoms with E-state index in [4.69, 9.17) is 0 Å². The van der Waals surface area contributed by atoms with Gasteiger partial charge >= 0.3 is 0 Å². The number of carbonyl (C=O) groups excluding carboxylic acids is 1. The van der Waals surface area contributed by atoms with Gasteiger partial charge in [0, 0.05) is 35.4 Å². The van der Waals surface area contributed by atoms with Crippen LogP contribution in [-0.4, -0.2) is 22.9 Å². The first kappa shape index (κ1) is 19.1. The molecule has 6 nitrogen and oxygen atoms in total. The maximum absolute atomic E-state index is 12.8. The first-order valence-electron chi connectivity index (χ1n) is 8.08. The molecule has 0 spiro atoms. The number of carbonyl (C=O) groups is 1. The van der Waals surface area contributed by atoms with Gasteiger partial charge in [-0.25, -0.2) is 4.98 Å². The molecule has 0 saturated heterocycles.